The summed E-state index contributed by atoms with van der Waals surface area (Å²) in [4.78, 5) is 11.5. The third kappa shape index (κ3) is 3.77. The van der Waals surface area contributed by atoms with Crippen LogP contribution in [0.2, 0.25) is 5.02 Å². The van der Waals surface area contributed by atoms with E-state index in [1.54, 1.807) is 30.3 Å². The molecule has 0 amide bonds. The number of carboxylic acids is 1. The van der Waals surface area contributed by atoms with Gasteiger partial charge in [0.2, 0.25) is 0 Å². The Bertz CT molecular complexity index is 635. The Hall–Kier alpha value is -2.07. The predicted octanol–water partition coefficient (Wildman–Crippen LogP) is 4.29. The first kappa shape index (κ1) is 16.3. The average molecular weight is 323 g/mol. The molecule has 2 aromatic rings. The maximum Gasteiger partial charge on any atom is 0.311 e. The molecular formula is C17H16ClFO3. The number of carbonyl (C=O) groups is 1. The largest absolute Gasteiger partial charge is 0.494 e. The minimum absolute atomic E-state index is 0.00514. The monoisotopic (exact) mass is 322 g/mol. The van der Waals surface area contributed by atoms with Crippen molar-refractivity contribution < 1.29 is 19.0 Å². The second kappa shape index (κ2) is 7.27. The molecule has 0 saturated heterocycles. The molecule has 1 N–H and O–H groups in total. The minimum Gasteiger partial charge on any atom is -0.494 e. The zero-order valence-electron chi connectivity index (χ0n) is 12.1. The molecule has 0 bridgehead atoms. The Balaban J connectivity index is 2.29. The van der Waals surface area contributed by atoms with Gasteiger partial charge in [0.15, 0.2) is 0 Å². The quantitative estimate of drug-likeness (QED) is 0.863. The van der Waals surface area contributed by atoms with Gasteiger partial charge >= 0.3 is 5.97 Å². The lowest BCUT2D eigenvalue weighted by Crippen LogP contribution is -2.15. The van der Waals surface area contributed by atoms with Crippen LogP contribution in [0, 0.1) is 5.82 Å². The van der Waals surface area contributed by atoms with E-state index in [0.717, 1.165) is 0 Å². The maximum absolute atomic E-state index is 13.9. The van der Waals surface area contributed by atoms with Crippen LogP contribution >= 0.6 is 11.6 Å². The normalized spacial score (nSPS) is 12.0. The topological polar surface area (TPSA) is 46.5 Å². The van der Waals surface area contributed by atoms with Crippen molar-refractivity contribution in [2.75, 3.05) is 6.61 Å². The summed E-state index contributed by atoms with van der Waals surface area (Å²) < 4.78 is 19.2. The molecule has 3 nitrogen and oxygen atoms in total. The Kier molecular flexibility index (Phi) is 5.39. The van der Waals surface area contributed by atoms with Crippen molar-refractivity contribution in [2.45, 2.75) is 19.3 Å². The van der Waals surface area contributed by atoms with Crippen LogP contribution in [0.5, 0.6) is 5.75 Å². The molecular weight excluding hydrogens is 307 g/mol. The van der Waals surface area contributed by atoms with Gasteiger partial charge in [-0.15, -0.1) is 0 Å². The van der Waals surface area contributed by atoms with Crippen LogP contribution < -0.4 is 4.74 Å². The fourth-order valence-electron chi connectivity index (χ4n) is 2.24. The van der Waals surface area contributed by atoms with E-state index in [-0.39, 0.29) is 17.0 Å². The Morgan fingerprint density at radius 1 is 1.27 bits per heavy atom. The molecule has 0 fully saturated rings. The molecule has 1 atom stereocenters. The van der Waals surface area contributed by atoms with Crippen LogP contribution in [0.25, 0.3) is 0 Å². The first-order chi connectivity index (χ1) is 10.5. The molecule has 22 heavy (non-hydrogen) atoms. The summed E-state index contributed by atoms with van der Waals surface area (Å²) in [7, 11) is 0. The van der Waals surface area contributed by atoms with Crippen molar-refractivity contribution >= 4 is 17.6 Å². The lowest BCUT2D eigenvalue weighted by molar-refractivity contribution is -0.138. The van der Waals surface area contributed by atoms with Gasteiger partial charge in [0.1, 0.15) is 11.6 Å². The third-order valence-corrected chi connectivity index (χ3v) is 3.72. The van der Waals surface area contributed by atoms with Crippen molar-refractivity contribution in [1.82, 2.24) is 0 Å². The number of halogens is 2. The standard InChI is InChI=1S/C17H16ClFO3/c1-2-22-12-8-6-11(7-9-12)13(17(20)21)10-14-15(18)4-3-5-16(14)19/h3-9,13H,2,10H2,1H3,(H,20,21). The number of ether oxygens (including phenoxy) is 1. The number of benzene rings is 2. The molecule has 5 heteroatoms. The molecule has 0 spiro atoms. The molecule has 0 aliphatic rings. The predicted molar refractivity (Wildman–Crippen MR) is 83.1 cm³/mol. The van der Waals surface area contributed by atoms with E-state index in [1.807, 2.05) is 6.92 Å². The first-order valence-corrected chi connectivity index (χ1v) is 7.29. The second-order valence-electron chi connectivity index (χ2n) is 4.80. The summed E-state index contributed by atoms with van der Waals surface area (Å²) in [5.74, 6) is -1.72. The number of aliphatic carboxylic acids is 1. The van der Waals surface area contributed by atoms with E-state index in [1.165, 1.54) is 12.1 Å². The van der Waals surface area contributed by atoms with E-state index < -0.39 is 17.7 Å². The first-order valence-electron chi connectivity index (χ1n) is 6.91. The highest BCUT2D eigenvalue weighted by Crippen LogP contribution is 2.28. The summed E-state index contributed by atoms with van der Waals surface area (Å²) in [6.45, 7) is 2.40. The number of carboxylic acid groups (broad SMARTS) is 1. The summed E-state index contributed by atoms with van der Waals surface area (Å²) in [5.41, 5.74) is 0.792. The minimum atomic E-state index is -1.02. The highest BCUT2D eigenvalue weighted by Gasteiger charge is 2.23. The number of hydrogen-bond acceptors (Lipinski definition) is 2. The van der Waals surface area contributed by atoms with Crippen LogP contribution in [0.1, 0.15) is 24.0 Å². The molecule has 116 valence electrons. The summed E-state index contributed by atoms with van der Waals surface area (Å²) in [5, 5.41) is 9.68. The van der Waals surface area contributed by atoms with Gasteiger partial charge in [-0.05, 0) is 43.2 Å². The van der Waals surface area contributed by atoms with Crippen molar-refractivity contribution in [3.8, 4) is 5.75 Å². The van der Waals surface area contributed by atoms with Gasteiger partial charge < -0.3 is 9.84 Å². The van der Waals surface area contributed by atoms with Gasteiger partial charge in [0.25, 0.3) is 0 Å². The fourth-order valence-corrected chi connectivity index (χ4v) is 2.48. The van der Waals surface area contributed by atoms with E-state index in [0.29, 0.717) is 17.9 Å². The van der Waals surface area contributed by atoms with E-state index in [9.17, 15) is 14.3 Å². The fraction of sp³-hybridized carbons (Fsp3) is 0.235. The molecule has 0 aromatic heterocycles. The summed E-state index contributed by atoms with van der Waals surface area (Å²) in [6.07, 6.45) is -0.00514. The Morgan fingerprint density at radius 3 is 2.50 bits per heavy atom. The van der Waals surface area contributed by atoms with Crippen LogP contribution in [0.3, 0.4) is 0 Å². The molecule has 2 aromatic carbocycles. The Morgan fingerprint density at radius 2 is 1.95 bits per heavy atom. The summed E-state index contributed by atoms with van der Waals surface area (Å²) in [6, 6.07) is 11.1. The van der Waals surface area contributed by atoms with Gasteiger partial charge in [0.05, 0.1) is 12.5 Å². The van der Waals surface area contributed by atoms with Crippen molar-refractivity contribution in [1.29, 1.82) is 0 Å². The SMILES string of the molecule is CCOc1ccc(C(Cc2c(F)cccc2Cl)C(=O)O)cc1. The van der Waals surface area contributed by atoms with Crippen LogP contribution in [-0.2, 0) is 11.2 Å². The van der Waals surface area contributed by atoms with Gasteiger partial charge in [-0.1, -0.05) is 29.8 Å². The molecule has 1 unspecified atom stereocenters. The van der Waals surface area contributed by atoms with Crippen molar-refractivity contribution in [3.63, 3.8) is 0 Å². The van der Waals surface area contributed by atoms with Crippen LogP contribution in [0.4, 0.5) is 4.39 Å². The summed E-state index contributed by atoms with van der Waals surface area (Å²) >= 11 is 5.98. The van der Waals surface area contributed by atoms with E-state index >= 15 is 0 Å². The maximum atomic E-state index is 13.9. The average Bonchev–Trinajstić information content (AvgIpc) is 2.48. The lowest BCUT2D eigenvalue weighted by Gasteiger charge is -2.15. The van der Waals surface area contributed by atoms with Gasteiger partial charge in [-0.2, -0.15) is 0 Å². The van der Waals surface area contributed by atoms with Crippen molar-refractivity contribution in [2.24, 2.45) is 0 Å². The van der Waals surface area contributed by atoms with Crippen LogP contribution in [0.15, 0.2) is 42.5 Å². The molecule has 0 heterocycles. The Labute approximate surface area is 133 Å². The highest BCUT2D eigenvalue weighted by molar-refractivity contribution is 6.31. The van der Waals surface area contributed by atoms with Crippen LogP contribution in [-0.4, -0.2) is 17.7 Å². The second-order valence-corrected chi connectivity index (χ2v) is 5.20. The molecule has 0 aliphatic heterocycles. The van der Waals surface area contributed by atoms with Gasteiger partial charge in [-0.3, -0.25) is 4.79 Å². The number of hydrogen-bond donors (Lipinski definition) is 1. The van der Waals surface area contributed by atoms with Gasteiger partial charge in [-0.25, -0.2) is 4.39 Å². The highest BCUT2D eigenvalue weighted by atomic mass is 35.5. The molecule has 2 rings (SSSR count). The van der Waals surface area contributed by atoms with E-state index in [4.69, 9.17) is 16.3 Å². The molecule has 0 saturated carbocycles. The molecule has 0 aliphatic carbocycles. The molecule has 0 radical (unpaired) electrons. The lowest BCUT2D eigenvalue weighted by atomic mass is 9.92. The zero-order valence-corrected chi connectivity index (χ0v) is 12.8. The smallest absolute Gasteiger partial charge is 0.311 e. The zero-order chi connectivity index (χ0) is 16.1. The van der Waals surface area contributed by atoms with E-state index in [2.05, 4.69) is 0 Å². The van der Waals surface area contributed by atoms with Gasteiger partial charge in [0, 0.05) is 10.6 Å². The van der Waals surface area contributed by atoms with Crippen molar-refractivity contribution in [3.05, 3.63) is 64.4 Å². The number of rotatable bonds is 6. The third-order valence-electron chi connectivity index (χ3n) is 3.36.